The smallest absolute Gasteiger partial charge is 0.251 e. The lowest BCUT2D eigenvalue weighted by Gasteiger charge is -2.42. The Labute approximate surface area is 223 Å². The molecule has 2 amide bonds. The number of anilines is 1. The van der Waals surface area contributed by atoms with Crippen LogP contribution in [-0.2, 0) is 4.79 Å². The van der Waals surface area contributed by atoms with Crippen molar-refractivity contribution in [3.05, 3.63) is 101 Å². The molecule has 0 aromatic heterocycles. The molecule has 38 heavy (non-hydrogen) atoms. The SMILES string of the molecule is N#Cc1ccc2c(c1)N[C@@H](c1ccccc1)[C@H]1CCN(C(=O)[C@H]3CCCC[C@H]3NC(=O)c3ccccc3)[C@@H]21. The summed E-state index contributed by atoms with van der Waals surface area (Å²) in [7, 11) is 0. The molecule has 3 aliphatic rings. The predicted octanol–water partition coefficient (Wildman–Crippen LogP) is 5.60. The summed E-state index contributed by atoms with van der Waals surface area (Å²) in [5.41, 5.74) is 4.42. The molecule has 0 bridgehead atoms. The zero-order chi connectivity index (χ0) is 26.1. The van der Waals surface area contributed by atoms with Gasteiger partial charge in [0.2, 0.25) is 5.91 Å². The van der Waals surface area contributed by atoms with Gasteiger partial charge in [-0.2, -0.15) is 5.26 Å². The van der Waals surface area contributed by atoms with Crippen LogP contribution < -0.4 is 10.6 Å². The van der Waals surface area contributed by atoms with Crippen molar-refractivity contribution in [2.24, 2.45) is 11.8 Å². The van der Waals surface area contributed by atoms with Crippen molar-refractivity contribution in [1.82, 2.24) is 10.2 Å². The molecule has 0 unspecified atom stereocenters. The summed E-state index contributed by atoms with van der Waals surface area (Å²) >= 11 is 0. The molecule has 5 atom stereocenters. The van der Waals surface area contributed by atoms with E-state index < -0.39 is 0 Å². The fourth-order valence-electron chi connectivity index (χ4n) is 6.74. The van der Waals surface area contributed by atoms with Crippen LogP contribution in [0.1, 0.15) is 71.2 Å². The van der Waals surface area contributed by atoms with Crippen LogP contribution in [0.15, 0.2) is 78.9 Å². The quantitative estimate of drug-likeness (QED) is 0.484. The van der Waals surface area contributed by atoms with Crippen LogP contribution in [0.5, 0.6) is 0 Å². The van der Waals surface area contributed by atoms with Gasteiger partial charge in [-0.3, -0.25) is 9.59 Å². The summed E-state index contributed by atoms with van der Waals surface area (Å²) in [6, 6.07) is 27.5. The number of fused-ring (bicyclic) bond motifs is 3. The predicted molar refractivity (Wildman–Crippen MR) is 146 cm³/mol. The van der Waals surface area contributed by atoms with Crippen molar-refractivity contribution in [3.63, 3.8) is 0 Å². The molecular weight excluding hydrogens is 472 g/mol. The third-order valence-corrected chi connectivity index (χ3v) is 8.56. The average molecular weight is 505 g/mol. The molecule has 6 rings (SSSR count). The first-order valence-corrected chi connectivity index (χ1v) is 13.7. The van der Waals surface area contributed by atoms with Gasteiger partial charge in [0.05, 0.1) is 29.6 Å². The molecule has 3 aromatic carbocycles. The van der Waals surface area contributed by atoms with E-state index >= 15 is 0 Å². The third kappa shape index (κ3) is 4.43. The van der Waals surface area contributed by atoms with Crippen LogP contribution in [0.4, 0.5) is 5.69 Å². The van der Waals surface area contributed by atoms with Gasteiger partial charge in [0.15, 0.2) is 0 Å². The Bertz CT molecular complexity index is 1370. The Balaban J connectivity index is 1.30. The number of nitrogens with one attached hydrogen (secondary N) is 2. The fraction of sp³-hybridized carbons (Fsp3) is 0.344. The second-order valence-electron chi connectivity index (χ2n) is 10.7. The molecule has 3 aromatic rings. The van der Waals surface area contributed by atoms with Crippen molar-refractivity contribution in [1.29, 1.82) is 5.26 Å². The van der Waals surface area contributed by atoms with E-state index in [0.717, 1.165) is 43.4 Å². The van der Waals surface area contributed by atoms with Crippen LogP contribution in [0.25, 0.3) is 0 Å². The van der Waals surface area contributed by atoms with Crippen molar-refractivity contribution in [2.45, 2.75) is 50.2 Å². The van der Waals surface area contributed by atoms with Gasteiger partial charge in [-0.25, -0.2) is 0 Å². The molecule has 1 saturated heterocycles. The number of hydrogen-bond donors (Lipinski definition) is 2. The summed E-state index contributed by atoms with van der Waals surface area (Å²) in [4.78, 5) is 29.3. The maximum atomic E-state index is 14.3. The van der Waals surface area contributed by atoms with Gasteiger partial charge >= 0.3 is 0 Å². The Kier molecular flexibility index (Phi) is 6.59. The number of nitriles is 1. The molecule has 2 fully saturated rings. The second kappa shape index (κ2) is 10.3. The highest BCUT2D eigenvalue weighted by Gasteiger charge is 2.48. The highest BCUT2D eigenvalue weighted by Crippen LogP contribution is 2.52. The maximum absolute atomic E-state index is 14.3. The van der Waals surface area contributed by atoms with E-state index in [-0.39, 0.29) is 41.8 Å². The number of likely N-dealkylation sites (tertiary alicyclic amines) is 1. The number of rotatable bonds is 4. The topological polar surface area (TPSA) is 85.2 Å². The van der Waals surface area contributed by atoms with Crippen LogP contribution in [0.2, 0.25) is 0 Å². The highest BCUT2D eigenvalue weighted by molar-refractivity contribution is 5.95. The van der Waals surface area contributed by atoms with E-state index in [4.69, 9.17) is 0 Å². The zero-order valence-corrected chi connectivity index (χ0v) is 21.3. The summed E-state index contributed by atoms with van der Waals surface area (Å²) < 4.78 is 0. The lowest BCUT2D eigenvalue weighted by atomic mass is 9.79. The lowest BCUT2D eigenvalue weighted by molar-refractivity contribution is -0.138. The number of amides is 2. The van der Waals surface area contributed by atoms with E-state index in [2.05, 4.69) is 33.7 Å². The first-order chi connectivity index (χ1) is 18.6. The van der Waals surface area contributed by atoms with Crippen LogP contribution in [0.3, 0.4) is 0 Å². The van der Waals surface area contributed by atoms with Crippen molar-refractivity contribution in [3.8, 4) is 6.07 Å². The number of carbonyl (C=O) groups is 2. The van der Waals surface area contributed by atoms with E-state index in [1.165, 1.54) is 5.56 Å². The van der Waals surface area contributed by atoms with Gasteiger partial charge in [0, 0.05) is 29.8 Å². The number of hydrogen-bond acceptors (Lipinski definition) is 4. The van der Waals surface area contributed by atoms with Gasteiger partial charge < -0.3 is 15.5 Å². The Morgan fingerprint density at radius 2 is 1.66 bits per heavy atom. The van der Waals surface area contributed by atoms with Crippen LogP contribution in [-0.4, -0.2) is 29.3 Å². The minimum Gasteiger partial charge on any atom is -0.378 e. The van der Waals surface area contributed by atoms with Gasteiger partial charge in [-0.15, -0.1) is 0 Å². The average Bonchev–Trinajstić information content (AvgIpc) is 3.43. The molecule has 1 aliphatic carbocycles. The monoisotopic (exact) mass is 504 g/mol. The minimum atomic E-state index is -0.234. The molecule has 6 nitrogen and oxygen atoms in total. The molecule has 2 aliphatic heterocycles. The van der Waals surface area contributed by atoms with Gasteiger partial charge in [0.25, 0.3) is 5.91 Å². The zero-order valence-electron chi connectivity index (χ0n) is 21.3. The van der Waals surface area contributed by atoms with Crippen LogP contribution >= 0.6 is 0 Å². The Hall–Kier alpha value is -4.11. The number of benzene rings is 3. The third-order valence-electron chi connectivity index (χ3n) is 8.56. The molecule has 2 N–H and O–H groups in total. The Morgan fingerprint density at radius 3 is 2.42 bits per heavy atom. The first kappa shape index (κ1) is 24.2. The van der Waals surface area contributed by atoms with Gasteiger partial charge in [0.1, 0.15) is 0 Å². The molecule has 2 heterocycles. The summed E-state index contributed by atoms with van der Waals surface area (Å²) in [6.45, 7) is 0.689. The van der Waals surface area contributed by atoms with Crippen molar-refractivity contribution in [2.75, 3.05) is 11.9 Å². The first-order valence-electron chi connectivity index (χ1n) is 13.7. The second-order valence-corrected chi connectivity index (χ2v) is 10.7. The molecule has 0 spiro atoms. The minimum absolute atomic E-state index is 0.0559. The van der Waals surface area contributed by atoms with Crippen molar-refractivity contribution >= 4 is 17.5 Å². The Morgan fingerprint density at radius 1 is 0.921 bits per heavy atom. The maximum Gasteiger partial charge on any atom is 0.251 e. The summed E-state index contributed by atoms with van der Waals surface area (Å²) in [5.74, 6) is 0.0133. The van der Waals surface area contributed by atoms with E-state index in [1.54, 1.807) is 0 Å². The van der Waals surface area contributed by atoms with Crippen molar-refractivity contribution < 1.29 is 9.59 Å². The molecular formula is C32H32N4O2. The normalized spacial score (nSPS) is 25.9. The van der Waals surface area contributed by atoms with E-state index in [0.29, 0.717) is 17.7 Å². The highest BCUT2D eigenvalue weighted by atomic mass is 16.2. The molecule has 192 valence electrons. The largest absolute Gasteiger partial charge is 0.378 e. The number of nitrogens with zero attached hydrogens (tertiary/aromatic N) is 2. The summed E-state index contributed by atoms with van der Waals surface area (Å²) in [6.07, 6.45) is 4.50. The van der Waals surface area contributed by atoms with E-state index in [1.807, 2.05) is 66.7 Å². The fourth-order valence-corrected chi connectivity index (χ4v) is 6.74. The van der Waals surface area contributed by atoms with E-state index in [9.17, 15) is 14.9 Å². The molecule has 6 heteroatoms. The summed E-state index contributed by atoms with van der Waals surface area (Å²) in [5, 5.41) is 16.4. The van der Waals surface area contributed by atoms with Gasteiger partial charge in [-0.1, -0.05) is 67.4 Å². The lowest BCUT2D eigenvalue weighted by Crippen LogP contribution is -2.50. The number of carbonyl (C=O) groups excluding carboxylic acids is 2. The van der Waals surface area contributed by atoms with Crippen LogP contribution in [0, 0.1) is 23.2 Å². The molecule has 0 radical (unpaired) electrons. The van der Waals surface area contributed by atoms with Gasteiger partial charge in [-0.05, 0) is 54.7 Å². The molecule has 1 saturated carbocycles. The standard InChI is InChI=1S/C32H32N4O2/c33-20-21-15-16-24-28(19-21)34-29(22-9-3-1-4-10-22)26-17-18-36(30(24)26)32(38)25-13-7-8-14-27(25)35-31(37)23-11-5-2-6-12-23/h1-6,9-12,15-16,19,25-27,29-30,34H,7-8,13-14,17-18H2,(H,35,37)/t25-,26+,27+,29-,30-/m0/s1.